The molecule has 1 saturated heterocycles. The van der Waals surface area contributed by atoms with E-state index in [2.05, 4.69) is 4.98 Å². The maximum absolute atomic E-state index is 15.1. The molecule has 1 aliphatic rings. The summed E-state index contributed by atoms with van der Waals surface area (Å²) in [4.78, 5) is 36.7. The molecule has 214 valence electrons. The number of hydrogen-bond donors (Lipinski definition) is 0. The molecular formula is C30H26FN5O5S. The van der Waals surface area contributed by atoms with Crippen LogP contribution in [0.2, 0.25) is 0 Å². The average Bonchev–Trinajstić information content (AvgIpc) is 3.67. The van der Waals surface area contributed by atoms with Crippen molar-refractivity contribution in [2.45, 2.75) is 13.0 Å². The van der Waals surface area contributed by atoms with E-state index in [0.717, 1.165) is 11.3 Å². The molecule has 0 unspecified atom stereocenters. The molecule has 12 heteroatoms. The summed E-state index contributed by atoms with van der Waals surface area (Å²) in [5.74, 6) is 1.16. The van der Waals surface area contributed by atoms with Gasteiger partial charge in [0.1, 0.15) is 28.9 Å². The van der Waals surface area contributed by atoms with Crippen molar-refractivity contribution in [1.29, 1.82) is 0 Å². The Hall–Kier alpha value is -4.97. The number of aromatic nitrogens is 3. The zero-order valence-electron chi connectivity index (χ0n) is 22.8. The number of thiazole rings is 1. The summed E-state index contributed by atoms with van der Waals surface area (Å²) >= 11 is 1.16. The van der Waals surface area contributed by atoms with Crippen molar-refractivity contribution in [2.75, 3.05) is 32.3 Å². The minimum absolute atomic E-state index is 0.0463. The Morgan fingerprint density at radius 3 is 2.50 bits per heavy atom. The summed E-state index contributed by atoms with van der Waals surface area (Å²) in [5, 5.41) is 3.57. The van der Waals surface area contributed by atoms with Crippen LogP contribution in [0, 0.1) is 5.82 Å². The fourth-order valence-electron chi connectivity index (χ4n) is 4.80. The second-order valence-electron chi connectivity index (χ2n) is 9.42. The van der Waals surface area contributed by atoms with Gasteiger partial charge in [0.15, 0.2) is 10.3 Å². The molecule has 0 aliphatic carbocycles. The third kappa shape index (κ3) is 5.12. The highest BCUT2D eigenvalue weighted by atomic mass is 32.1. The number of hydrogen-bond acceptors (Lipinski definition) is 9. The average molecular weight is 588 g/mol. The van der Waals surface area contributed by atoms with Gasteiger partial charge in [-0.25, -0.2) is 24.2 Å². The topological polar surface area (TPSA) is 99.0 Å². The molecule has 5 aromatic rings. The van der Waals surface area contributed by atoms with Gasteiger partial charge in [-0.2, -0.15) is 0 Å². The Kier molecular flexibility index (Phi) is 7.44. The van der Waals surface area contributed by atoms with E-state index >= 15 is 4.39 Å². The molecule has 3 aromatic carbocycles. The number of methoxy groups -OCH3 is 2. The van der Waals surface area contributed by atoms with Crippen molar-refractivity contribution in [3.8, 4) is 28.6 Å². The van der Waals surface area contributed by atoms with Gasteiger partial charge in [0.25, 0.3) is 5.56 Å². The van der Waals surface area contributed by atoms with E-state index in [4.69, 9.17) is 19.2 Å². The molecular weight excluding hydrogens is 561 g/mol. The Balaban J connectivity index is 1.43. The number of amides is 1. The van der Waals surface area contributed by atoms with E-state index in [1.54, 1.807) is 72.8 Å². The van der Waals surface area contributed by atoms with E-state index in [9.17, 15) is 9.59 Å². The summed E-state index contributed by atoms with van der Waals surface area (Å²) in [6, 6.07) is 20.2. The van der Waals surface area contributed by atoms with E-state index < -0.39 is 17.5 Å². The van der Waals surface area contributed by atoms with Gasteiger partial charge in [0, 0.05) is 24.7 Å². The van der Waals surface area contributed by atoms with Crippen molar-refractivity contribution < 1.29 is 23.4 Å². The predicted molar refractivity (Wildman–Crippen MR) is 157 cm³/mol. The number of carbonyl (C=O) groups is 1. The number of rotatable bonds is 7. The van der Waals surface area contributed by atoms with Crippen LogP contribution in [-0.2, 0) is 6.54 Å². The molecule has 0 bridgehead atoms. The number of hydrazine groups is 1. The van der Waals surface area contributed by atoms with Gasteiger partial charge < -0.3 is 14.2 Å². The summed E-state index contributed by atoms with van der Waals surface area (Å²) in [7, 11) is 3.08. The van der Waals surface area contributed by atoms with Gasteiger partial charge in [-0.15, -0.1) is 0 Å². The van der Waals surface area contributed by atoms with E-state index in [1.165, 1.54) is 22.8 Å². The number of fused-ring (bicyclic) bond motifs is 1. The SMILES string of the molecule is COc1ccc(Cn2c(-c3ccccc3F)nc3sc(N4CCCN4C(=O)Oc4ccccc4)nc3c2=O)c(OC)c1. The lowest BCUT2D eigenvalue weighted by atomic mass is 10.1. The standard InChI is InChI=1S/C30H26FN5O5S/c1-39-21-14-13-19(24(17-21)40-2)18-34-26(22-11-6-7-12-23(22)31)33-27-25(28(34)37)32-29(42-27)35-15-8-16-36(35)30(38)41-20-9-4-3-5-10-20/h3-7,9-14,17H,8,15-16,18H2,1-2H3. The maximum Gasteiger partial charge on any atom is 0.434 e. The number of para-hydroxylation sites is 1. The zero-order chi connectivity index (χ0) is 29.2. The fourth-order valence-corrected chi connectivity index (χ4v) is 5.76. The Labute approximate surface area is 244 Å². The van der Waals surface area contributed by atoms with E-state index in [-0.39, 0.29) is 23.4 Å². The molecule has 0 radical (unpaired) electrons. The lowest BCUT2D eigenvalue weighted by molar-refractivity contribution is 0.158. The van der Waals surface area contributed by atoms with E-state index in [0.29, 0.717) is 52.3 Å². The lowest BCUT2D eigenvalue weighted by Crippen LogP contribution is -2.43. The molecule has 1 aliphatic heterocycles. The van der Waals surface area contributed by atoms with Crippen LogP contribution in [-0.4, -0.2) is 52.9 Å². The van der Waals surface area contributed by atoms with Gasteiger partial charge in [0.05, 0.1) is 26.3 Å². The molecule has 3 heterocycles. The van der Waals surface area contributed by atoms with Gasteiger partial charge in [-0.3, -0.25) is 14.4 Å². The Morgan fingerprint density at radius 2 is 1.74 bits per heavy atom. The van der Waals surface area contributed by atoms with Crippen molar-refractivity contribution in [2.24, 2.45) is 0 Å². The minimum atomic E-state index is -0.554. The number of nitrogens with zero attached hydrogens (tertiary/aromatic N) is 5. The molecule has 0 N–H and O–H groups in total. The summed E-state index contributed by atoms with van der Waals surface area (Å²) in [5.41, 5.74) is 0.513. The second kappa shape index (κ2) is 11.5. The molecule has 6 rings (SSSR count). The molecule has 10 nitrogen and oxygen atoms in total. The van der Waals surface area contributed by atoms with Crippen LogP contribution >= 0.6 is 11.3 Å². The molecule has 0 atom stereocenters. The zero-order valence-corrected chi connectivity index (χ0v) is 23.6. The summed E-state index contributed by atoms with van der Waals surface area (Å²) in [6.45, 7) is 0.975. The molecule has 1 amide bonds. The normalized spacial score (nSPS) is 13.0. The second-order valence-corrected chi connectivity index (χ2v) is 10.4. The van der Waals surface area contributed by atoms with Crippen LogP contribution in [0.15, 0.2) is 77.6 Å². The van der Waals surface area contributed by atoms with Crippen molar-refractivity contribution >= 4 is 32.9 Å². The van der Waals surface area contributed by atoms with Gasteiger partial charge in [0.2, 0.25) is 5.13 Å². The lowest BCUT2D eigenvalue weighted by Gasteiger charge is -2.26. The number of benzene rings is 3. The molecule has 1 fully saturated rings. The van der Waals surface area contributed by atoms with Gasteiger partial charge >= 0.3 is 6.09 Å². The van der Waals surface area contributed by atoms with Crippen LogP contribution in [0.4, 0.5) is 14.3 Å². The number of halogens is 1. The summed E-state index contributed by atoms with van der Waals surface area (Å²) < 4.78 is 32.8. The van der Waals surface area contributed by atoms with E-state index in [1.807, 2.05) is 6.07 Å². The van der Waals surface area contributed by atoms with Crippen LogP contribution in [0.5, 0.6) is 17.2 Å². The maximum atomic E-state index is 15.1. The number of anilines is 1. The van der Waals surface area contributed by atoms with Crippen LogP contribution in [0.1, 0.15) is 12.0 Å². The first-order valence-corrected chi connectivity index (χ1v) is 14.0. The van der Waals surface area contributed by atoms with Crippen LogP contribution in [0.25, 0.3) is 21.7 Å². The highest BCUT2D eigenvalue weighted by Crippen LogP contribution is 2.33. The number of carbonyl (C=O) groups excluding carboxylic acids is 1. The van der Waals surface area contributed by atoms with Crippen molar-refractivity contribution in [3.63, 3.8) is 0 Å². The molecule has 0 saturated carbocycles. The molecule has 2 aromatic heterocycles. The summed E-state index contributed by atoms with van der Waals surface area (Å²) in [6.07, 6.45) is 0.136. The minimum Gasteiger partial charge on any atom is -0.497 e. The van der Waals surface area contributed by atoms with Gasteiger partial charge in [-0.1, -0.05) is 41.7 Å². The van der Waals surface area contributed by atoms with Crippen molar-refractivity contribution in [3.05, 3.63) is 94.5 Å². The Morgan fingerprint density at radius 1 is 0.952 bits per heavy atom. The van der Waals surface area contributed by atoms with Crippen molar-refractivity contribution in [1.82, 2.24) is 19.5 Å². The third-order valence-corrected chi connectivity index (χ3v) is 7.82. The molecule has 0 spiro atoms. The van der Waals surface area contributed by atoms with Crippen LogP contribution in [0.3, 0.4) is 0 Å². The smallest absolute Gasteiger partial charge is 0.434 e. The molecule has 42 heavy (non-hydrogen) atoms. The first-order valence-electron chi connectivity index (χ1n) is 13.2. The van der Waals surface area contributed by atoms with Crippen LogP contribution < -0.4 is 24.8 Å². The first kappa shape index (κ1) is 27.2. The monoisotopic (exact) mass is 587 g/mol. The quantitative estimate of drug-likeness (QED) is 0.251. The third-order valence-electron chi connectivity index (χ3n) is 6.86. The number of ether oxygens (including phenoxy) is 3. The highest BCUT2D eigenvalue weighted by Gasteiger charge is 2.32. The first-order chi connectivity index (χ1) is 20.5. The fraction of sp³-hybridized carbons (Fsp3) is 0.200. The Bertz CT molecular complexity index is 1830. The predicted octanol–water partition coefficient (Wildman–Crippen LogP) is 5.35. The highest BCUT2D eigenvalue weighted by molar-refractivity contribution is 7.21. The largest absolute Gasteiger partial charge is 0.497 e. The van der Waals surface area contributed by atoms with Gasteiger partial charge in [-0.05, 0) is 42.8 Å².